The molecule has 204 valence electrons. The van der Waals surface area contributed by atoms with Gasteiger partial charge in [0.05, 0.1) is 16.9 Å². The van der Waals surface area contributed by atoms with Crippen LogP contribution in [-0.2, 0) is 27.5 Å². The third-order valence-electron chi connectivity index (χ3n) is 6.54. The summed E-state index contributed by atoms with van der Waals surface area (Å²) in [4.78, 5) is 18.5. The number of rotatable bonds is 8. The van der Waals surface area contributed by atoms with Crippen LogP contribution in [-0.4, -0.2) is 37.6 Å². The van der Waals surface area contributed by atoms with Gasteiger partial charge in [0.2, 0.25) is 15.9 Å². The lowest BCUT2D eigenvalue weighted by molar-refractivity contribution is -0.141. The van der Waals surface area contributed by atoms with E-state index < -0.39 is 44.8 Å². The lowest BCUT2D eigenvalue weighted by Gasteiger charge is -2.33. The van der Waals surface area contributed by atoms with Crippen LogP contribution in [0.25, 0.3) is 0 Å². The van der Waals surface area contributed by atoms with Gasteiger partial charge in [-0.25, -0.2) is 17.8 Å². The summed E-state index contributed by atoms with van der Waals surface area (Å²) in [5.41, 5.74) is -0.444. The van der Waals surface area contributed by atoms with E-state index >= 15 is 0 Å². The number of hydrogen-bond donors (Lipinski definition) is 2. The van der Waals surface area contributed by atoms with E-state index in [0.29, 0.717) is 30.1 Å². The standard InChI is InChI=1S/C25H32F4N4O3S/c1-15(2)37(35,36)32-21-7-5-18(13-20(21)26)17(4)24(34)30-14-19-6-8-22(25(27,28)29)31-23(19)33-11-9-16(3)10-12-33/h5-8,13,15-17,32H,9-12,14H2,1-4H3,(H,30,34). The van der Waals surface area contributed by atoms with Crippen LogP contribution < -0.4 is 14.9 Å². The third kappa shape index (κ3) is 7.12. The number of nitrogens with one attached hydrogen (secondary N) is 2. The van der Waals surface area contributed by atoms with Gasteiger partial charge in [-0.2, -0.15) is 13.2 Å². The first-order chi connectivity index (χ1) is 17.2. The summed E-state index contributed by atoms with van der Waals surface area (Å²) in [6.07, 6.45) is -2.93. The zero-order chi connectivity index (χ0) is 27.5. The van der Waals surface area contributed by atoms with Gasteiger partial charge in [0.1, 0.15) is 17.3 Å². The predicted molar refractivity (Wildman–Crippen MR) is 134 cm³/mol. The van der Waals surface area contributed by atoms with Crippen LogP contribution >= 0.6 is 0 Å². The Balaban J connectivity index is 1.75. The number of anilines is 2. The van der Waals surface area contributed by atoms with Crippen molar-refractivity contribution in [3.8, 4) is 0 Å². The minimum atomic E-state index is -4.59. The number of nitrogens with zero attached hydrogens (tertiary/aromatic N) is 2. The highest BCUT2D eigenvalue weighted by Gasteiger charge is 2.34. The molecule has 1 aromatic heterocycles. The number of piperidine rings is 1. The zero-order valence-corrected chi connectivity index (χ0v) is 22.0. The average molecular weight is 545 g/mol. The molecule has 0 bridgehead atoms. The SMILES string of the molecule is CC1CCN(c2nc(C(F)(F)F)ccc2CNC(=O)C(C)c2ccc(NS(=O)(=O)C(C)C)c(F)c2)CC1. The smallest absolute Gasteiger partial charge is 0.356 e. The van der Waals surface area contributed by atoms with Crippen molar-refractivity contribution in [3.05, 3.63) is 53.0 Å². The molecular weight excluding hydrogens is 512 g/mol. The van der Waals surface area contributed by atoms with Crippen LogP contribution in [0.2, 0.25) is 0 Å². The molecule has 0 saturated carbocycles. The number of aromatic nitrogens is 1. The molecule has 37 heavy (non-hydrogen) atoms. The van der Waals surface area contributed by atoms with E-state index in [1.807, 2.05) is 4.90 Å². The number of sulfonamides is 1. The molecule has 1 aliphatic rings. The van der Waals surface area contributed by atoms with Crippen molar-refractivity contribution < 1.29 is 30.8 Å². The molecule has 0 aliphatic carbocycles. The van der Waals surface area contributed by atoms with Gasteiger partial charge < -0.3 is 10.2 Å². The Bertz CT molecular complexity index is 1230. The molecule has 1 amide bonds. The highest BCUT2D eigenvalue weighted by atomic mass is 32.2. The lowest BCUT2D eigenvalue weighted by Crippen LogP contribution is -2.35. The molecule has 2 N–H and O–H groups in total. The molecule has 1 aliphatic heterocycles. The number of carbonyl (C=O) groups is 1. The number of alkyl halides is 3. The molecule has 0 spiro atoms. The van der Waals surface area contributed by atoms with Gasteiger partial charge in [-0.3, -0.25) is 9.52 Å². The van der Waals surface area contributed by atoms with Crippen molar-refractivity contribution >= 4 is 27.4 Å². The van der Waals surface area contributed by atoms with Crippen LogP contribution in [0.15, 0.2) is 30.3 Å². The van der Waals surface area contributed by atoms with E-state index in [1.165, 1.54) is 32.0 Å². The van der Waals surface area contributed by atoms with Crippen LogP contribution in [0.3, 0.4) is 0 Å². The molecule has 3 rings (SSSR count). The largest absolute Gasteiger partial charge is 0.433 e. The third-order valence-corrected chi connectivity index (χ3v) is 8.29. The second-order valence-corrected chi connectivity index (χ2v) is 12.0. The average Bonchev–Trinajstić information content (AvgIpc) is 2.83. The lowest BCUT2D eigenvalue weighted by atomic mass is 9.98. The first-order valence-corrected chi connectivity index (χ1v) is 13.6. The Morgan fingerprint density at radius 2 is 1.78 bits per heavy atom. The number of halogens is 4. The van der Waals surface area contributed by atoms with Crippen LogP contribution in [0.5, 0.6) is 0 Å². The maximum Gasteiger partial charge on any atom is 0.433 e. The first-order valence-electron chi connectivity index (χ1n) is 12.1. The molecule has 0 radical (unpaired) electrons. The quantitative estimate of drug-likeness (QED) is 0.454. The molecule has 1 fully saturated rings. The fourth-order valence-corrected chi connectivity index (χ4v) is 4.62. The van der Waals surface area contributed by atoms with Crippen molar-refractivity contribution in [2.75, 3.05) is 22.7 Å². The van der Waals surface area contributed by atoms with Gasteiger partial charge >= 0.3 is 6.18 Å². The Kier molecular flexibility index (Phi) is 8.71. The van der Waals surface area contributed by atoms with E-state index in [4.69, 9.17) is 0 Å². The van der Waals surface area contributed by atoms with Crippen molar-refractivity contribution in [3.63, 3.8) is 0 Å². The molecular formula is C25H32F4N4O3S. The summed E-state index contributed by atoms with van der Waals surface area (Å²) in [6.45, 7) is 7.66. The number of hydrogen-bond acceptors (Lipinski definition) is 5. The fourth-order valence-electron chi connectivity index (χ4n) is 3.91. The van der Waals surface area contributed by atoms with Crippen LogP contribution in [0.1, 0.15) is 63.3 Å². The summed E-state index contributed by atoms with van der Waals surface area (Å²) >= 11 is 0. The van der Waals surface area contributed by atoms with Crippen molar-refractivity contribution in [2.24, 2.45) is 5.92 Å². The molecule has 7 nitrogen and oxygen atoms in total. The van der Waals surface area contributed by atoms with E-state index in [2.05, 4.69) is 21.9 Å². The summed E-state index contributed by atoms with van der Waals surface area (Å²) in [7, 11) is -3.74. The van der Waals surface area contributed by atoms with Gasteiger partial charge in [-0.1, -0.05) is 19.1 Å². The molecule has 1 atom stereocenters. The molecule has 1 saturated heterocycles. The van der Waals surface area contributed by atoms with Gasteiger partial charge in [0.25, 0.3) is 0 Å². The Morgan fingerprint density at radius 3 is 2.35 bits per heavy atom. The maximum atomic E-state index is 14.6. The minimum Gasteiger partial charge on any atom is -0.356 e. The Hall–Kier alpha value is -2.89. The van der Waals surface area contributed by atoms with Crippen LogP contribution in [0, 0.1) is 11.7 Å². The van der Waals surface area contributed by atoms with Gasteiger partial charge in [-0.15, -0.1) is 0 Å². The van der Waals surface area contributed by atoms with E-state index in [-0.39, 0.29) is 18.1 Å². The van der Waals surface area contributed by atoms with Crippen molar-refractivity contribution in [1.82, 2.24) is 10.3 Å². The number of pyridine rings is 1. The molecule has 2 heterocycles. The summed E-state index contributed by atoms with van der Waals surface area (Å²) in [5.74, 6) is -1.42. The monoisotopic (exact) mass is 544 g/mol. The topological polar surface area (TPSA) is 91.4 Å². The van der Waals surface area contributed by atoms with Gasteiger partial charge in [0.15, 0.2) is 0 Å². The van der Waals surface area contributed by atoms with E-state index in [0.717, 1.165) is 25.0 Å². The summed E-state index contributed by atoms with van der Waals surface area (Å²) in [5, 5.41) is 1.95. The van der Waals surface area contributed by atoms with Crippen molar-refractivity contribution in [2.45, 2.75) is 64.4 Å². The Labute approximate surface area is 214 Å². The molecule has 1 unspecified atom stereocenters. The minimum absolute atomic E-state index is 0.0511. The molecule has 12 heteroatoms. The molecule has 2 aromatic rings. The first kappa shape index (κ1) is 28.7. The van der Waals surface area contributed by atoms with Crippen LogP contribution in [0.4, 0.5) is 29.1 Å². The maximum absolute atomic E-state index is 14.6. The Morgan fingerprint density at radius 1 is 1.14 bits per heavy atom. The highest BCUT2D eigenvalue weighted by Crippen LogP contribution is 2.32. The van der Waals surface area contributed by atoms with Crippen molar-refractivity contribution in [1.29, 1.82) is 0 Å². The zero-order valence-electron chi connectivity index (χ0n) is 21.2. The normalized spacial score (nSPS) is 16.1. The van der Waals surface area contributed by atoms with Gasteiger partial charge in [-0.05, 0) is 63.3 Å². The number of carbonyl (C=O) groups excluding carboxylic acids is 1. The summed E-state index contributed by atoms with van der Waals surface area (Å²) < 4.78 is 80.7. The fraction of sp³-hybridized carbons (Fsp3) is 0.520. The summed E-state index contributed by atoms with van der Waals surface area (Å²) in [6, 6.07) is 6.01. The predicted octanol–water partition coefficient (Wildman–Crippen LogP) is 5.05. The highest BCUT2D eigenvalue weighted by molar-refractivity contribution is 7.93. The molecule has 1 aromatic carbocycles. The van der Waals surface area contributed by atoms with Gasteiger partial charge in [0, 0.05) is 25.2 Å². The van der Waals surface area contributed by atoms with E-state index in [9.17, 15) is 30.8 Å². The van der Waals surface area contributed by atoms with E-state index in [1.54, 1.807) is 6.92 Å². The number of benzene rings is 1. The second kappa shape index (κ2) is 11.2. The second-order valence-electron chi connectivity index (χ2n) is 9.72. The number of amides is 1.